The van der Waals surface area contributed by atoms with E-state index in [1.807, 2.05) is 36.4 Å². The van der Waals surface area contributed by atoms with Crippen LogP contribution in [0.25, 0.3) is 0 Å². The van der Waals surface area contributed by atoms with Crippen LogP contribution in [0, 0.1) is 0 Å². The number of carbonyl (C=O) groups excluding carboxylic acids is 3. The Kier molecular flexibility index (Phi) is 9.48. The van der Waals surface area contributed by atoms with Crippen molar-refractivity contribution in [3.63, 3.8) is 0 Å². The fourth-order valence-corrected chi connectivity index (χ4v) is 4.85. The second-order valence-electron chi connectivity index (χ2n) is 8.80. The summed E-state index contributed by atoms with van der Waals surface area (Å²) in [5, 5.41) is 12.4. The molecular formula is C26H30N3NaO5. The van der Waals surface area contributed by atoms with Crippen LogP contribution >= 0.6 is 0 Å². The van der Waals surface area contributed by atoms with Crippen molar-refractivity contribution in [1.29, 1.82) is 0 Å². The molecular weight excluding hydrogens is 457 g/mol. The third kappa shape index (κ3) is 6.31. The van der Waals surface area contributed by atoms with Gasteiger partial charge >= 0.3 is 35.5 Å². The van der Waals surface area contributed by atoms with Crippen molar-refractivity contribution < 1.29 is 24.3 Å². The van der Waals surface area contributed by atoms with E-state index in [2.05, 4.69) is 5.32 Å². The molecule has 2 saturated heterocycles. The molecule has 180 valence electrons. The quantitative estimate of drug-likeness (QED) is 0.575. The van der Waals surface area contributed by atoms with E-state index < -0.39 is 24.1 Å². The maximum absolute atomic E-state index is 13.7. The molecule has 9 heteroatoms. The number of likely N-dealkylation sites (tertiary alicyclic amines) is 2. The number of carboxylic acid groups (broad SMARTS) is 1. The van der Waals surface area contributed by atoms with Crippen molar-refractivity contribution in [3.8, 4) is 0 Å². The molecule has 0 spiro atoms. The molecule has 2 heterocycles. The molecule has 0 aromatic heterocycles. The molecule has 4 rings (SSSR count). The van der Waals surface area contributed by atoms with E-state index >= 15 is 0 Å². The van der Waals surface area contributed by atoms with Gasteiger partial charge in [0.2, 0.25) is 11.8 Å². The standard InChI is InChI=1S/C26H29N3O5.Na.H/c30-23(19-11-5-2-6-12-19)27-20(17-18-9-3-1-4-10-18)24(31)28-15-7-13-21(28)25(32)29-16-8-14-22(29)26(33)34;;/h1-6,9-12,20-22H,7-8,13-17H2,(H,27,30)(H,33,34);;/t20-,21-,22-;;/m0../s1. The van der Waals surface area contributed by atoms with Crippen LogP contribution in [0.2, 0.25) is 0 Å². The molecule has 0 radical (unpaired) electrons. The van der Waals surface area contributed by atoms with Crippen molar-refractivity contribution in [3.05, 3.63) is 71.8 Å². The molecule has 8 nitrogen and oxygen atoms in total. The van der Waals surface area contributed by atoms with Crippen LogP contribution in [0.5, 0.6) is 0 Å². The van der Waals surface area contributed by atoms with Crippen molar-refractivity contribution in [2.24, 2.45) is 0 Å². The summed E-state index contributed by atoms with van der Waals surface area (Å²) in [6.07, 6.45) is 2.48. The topological polar surface area (TPSA) is 107 Å². The number of carboxylic acids is 1. The molecule has 0 aliphatic carbocycles. The number of benzene rings is 2. The van der Waals surface area contributed by atoms with Gasteiger partial charge in [-0.2, -0.15) is 0 Å². The summed E-state index contributed by atoms with van der Waals surface area (Å²) in [7, 11) is 0. The number of hydrogen-bond donors (Lipinski definition) is 2. The monoisotopic (exact) mass is 487 g/mol. The number of carbonyl (C=O) groups is 4. The number of hydrogen-bond acceptors (Lipinski definition) is 4. The Hall–Kier alpha value is -2.68. The Morgan fingerprint density at radius 1 is 0.857 bits per heavy atom. The van der Waals surface area contributed by atoms with Crippen LogP contribution in [0.15, 0.2) is 60.7 Å². The van der Waals surface area contributed by atoms with Crippen molar-refractivity contribution in [1.82, 2.24) is 15.1 Å². The van der Waals surface area contributed by atoms with Gasteiger partial charge in [-0.25, -0.2) is 4.79 Å². The molecule has 0 bridgehead atoms. The zero-order valence-electron chi connectivity index (χ0n) is 18.9. The van der Waals surface area contributed by atoms with E-state index in [9.17, 15) is 24.3 Å². The predicted octanol–water partition coefficient (Wildman–Crippen LogP) is 1.45. The first kappa shape index (κ1) is 26.9. The molecule has 2 aromatic rings. The van der Waals surface area contributed by atoms with Crippen molar-refractivity contribution in [2.45, 2.75) is 50.2 Å². The number of nitrogens with one attached hydrogen (secondary N) is 1. The van der Waals surface area contributed by atoms with Gasteiger partial charge in [-0.15, -0.1) is 0 Å². The molecule has 35 heavy (non-hydrogen) atoms. The third-order valence-electron chi connectivity index (χ3n) is 6.56. The number of nitrogens with zero attached hydrogens (tertiary/aromatic N) is 2. The first-order valence-electron chi connectivity index (χ1n) is 11.7. The third-order valence-corrected chi connectivity index (χ3v) is 6.56. The van der Waals surface area contributed by atoms with Crippen LogP contribution in [0.3, 0.4) is 0 Å². The van der Waals surface area contributed by atoms with Gasteiger partial charge in [0.15, 0.2) is 0 Å². The van der Waals surface area contributed by atoms with Gasteiger partial charge in [0.05, 0.1) is 0 Å². The van der Waals surface area contributed by atoms with Gasteiger partial charge in [-0.1, -0.05) is 48.5 Å². The SMILES string of the molecule is O=C(N[C@@H](Cc1ccccc1)C(=O)N1CCC[C@H]1C(=O)N1CCC[C@H]1C(=O)O)c1ccccc1.[NaH]. The van der Waals surface area contributed by atoms with Crippen LogP contribution in [0.4, 0.5) is 0 Å². The van der Waals surface area contributed by atoms with Gasteiger partial charge in [0.1, 0.15) is 18.1 Å². The average Bonchev–Trinajstić information content (AvgIpc) is 3.54. The Balaban J connectivity index is 0.00000342. The van der Waals surface area contributed by atoms with Gasteiger partial charge in [-0.05, 0) is 43.4 Å². The molecule has 3 amide bonds. The summed E-state index contributed by atoms with van der Waals surface area (Å²) in [6, 6.07) is 15.7. The minimum atomic E-state index is -1.01. The van der Waals surface area contributed by atoms with Gasteiger partial charge in [0.25, 0.3) is 5.91 Å². The minimum absolute atomic E-state index is 0. The second kappa shape index (κ2) is 12.3. The fourth-order valence-electron chi connectivity index (χ4n) is 4.85. The van der Waals surface area contributed by atoms with Crippen LogP contribution in [-0.2, 0) is 20.8 Å². The second-order valence-corrected chi connectivity index (χ2v) is 8.80. The van der Waals surface area contributed by atoms with E-state index in [1.165, 1.54) is 9.80 Å². The summed E-state index contributed by atoms with van der Waals surface area (Å²) >= 11 is 0. The molecule has 0 unspecified atom stereocenters. The normalized spacial score (nSPS) is 20.1. The summed E-state index contributed by atoms with van der Waals surface area (Å²) in [4.78, 5) is 54.4. The van der Waals surface area contributed by atoms with E-state index in [0.29, 0.717) is 44.3 Å². The molecule has 2 aromatic carbocycles. The van der Waals surface area contributed by atoms with E-state index in [0.717, 1.165) is 5.56 Å². The summed E-state index contributed by atoms with van der Waals surface area (Å²) < 4.78 is 0. The van der Waals surface area contributed by atoms with Crippen LogP contribution < -0.4 is 5.32 Å². The maximum atomic E-state index is 13.7. The summed E-state index contributed by atoms with van der Waals surface area (Å²) in [5.41, 5.74) is 1.34. The molecule has 2 aliphatic heterocycles. The van der Waals surface area contributed by atoms with E-state index in [4.69, 9.17) is 0 Å². The molecule has 2 aliphatic rings. The number of aliphatic carboxylic acids is 1. The zero-order valence-corrected chi connectivity index (χ0v) is 18.9. The summed E-state index contributed by atoms with van der Waals surface area (Å²) in [6.45, 7) is 0.778. The predicted molar refractivity (Wildman–Crippen MR) is 132 cm³/mol. The van der Waals surface area contributed by atoms with Crippen molar-refractivity contribution in [2.75, 3.05) is 13.1 Å². The van der Waals surface area contributed by atoms with Gasteiger partial charge in [-0.3, -0.25) is 14.4 Å². The molecule has 2 N–H and O–H groups in total. The summed E-state index contributed by atoms with van der Waals surface area (Å²) in [5.74, 6) is -2.01. The van der Waals surface area contributed by atoms with Crippen LogP contribution in [0.1, 0.15) is 41.6 Å². The van der Waals surface area contributed by atoms with Gasteiger partial charge in [0, 0.05) is 25.1 Å². The first-order valence-corrected chi connectivity index (χ1v) is 11.7. The van der Waals surface area contributed by atoms with Gasteiger partial charge < -0.3 is 20.2 Å². The average molecular weight is 488 g/mol. The Bertz CT molecular complexity index is 1050. The van der Waals surface area contributed by atoms with Crippen molar-refractivity contribution >= 4 is 53.2 Å². The molecule has 0 saturated carbocycles. The Morgan fingerprint density at radius 3 is 2.06 bits per heavy atom. The van der Waals surface area contributed by atoms with Crippen LogP contribution in [-0.4, -0.2) is 99.4 Å². The Morgan fingerprint density at radius 2 is 1.43 bits per heavy atom. The van der Waals surface area contributed by atoms with E-state index in [-0.39, 0.29) is 53.7 Å². The van der Waals surface area contributed by atoms with E-state index in [1.54, 1.807) is 24.3 Å². The fraction of sp³-hybridized carbons (Fsp3) is 0.385. The first-order chi connectivity index (χ1) is 16.5. The Labute approximate surface area is 227 Å². The number of amides is 3. The number of rotatable bonds is 7. The molecule has 3 atom stereocenters. The zero-order chi connectivity index (χ0) is 24.1. The molecule has 2 fully saturated rings.